The molecule has 2 heterocycles. The van der Waals surface area contributed by atoms with E-state index in [0.29, 0.717) is 16.2 Å². The molecule has 0 unspecified atom stereocenters. The lowest BCUT2D eigenvalue weighted by molar-refractivity contribution is -0.144. The van der Waals surface area contributed by atoms with Gasteiger partial charge in [-0.25, -0.2) is 19.7 Å². The zero-order valence-electron chi connectivity index (χ0n) is 14.6. The van der Waals surface area contributed by atoms with Crippen molar-refractivity contribution in [1.29, 1.82) is 0 Å². The highest BCUT2D eigenvalue weighted by Gasteiger charge is 2.47. The number of nitrogens with two attached hydrogens (primary N) is 1. The number of carbonyl (C=O) groups is 1. The minimum absolute atomic E-state index is 0.0629. The number of ether oxygens (including phenoxy) is 1. The first-order chi connectivity index (χ1) is 12.1. The standard InChI is InChI=1S/C15H22N6O5/c1-15(2,3)26-14(24)21(25)8-4-7(10(22)11(8)23)20-6-19-9-12(16)17-5-18-13(9)20/h5-8,10-11,22-23,25H,4H2,1-3H3,(H2,16,17,18)/t7-,8+,10+,11-/m1/s1. The van der Waals surface area contributed by atoms with Crippen LogP contribution in [0.5, 0.6) is 0 Å². The molecule has 3 rings (SSSR count). The van der Waals surface area contributed by atoms with Crippen LogP contribution in [-0.2, 0) is 4.74 Å². The van der Waals surface area contributed by atoms with Gasteiger partial charge in [0.05, 0.1) is 18.4 Å². The van der Waals surface area contributed by atoms with Gasteiger partial charge >= 0.3 is 6.09 Å². The minimum atomic E-state index is -1.38. The van der Waals surface area contributed by atoms with E-state index in [4.69, 9.17) is 10.5 Å². The molecule has 0 aliphatic heterocycles. The quantitative estimate of drug-likeness (QED) is 0.426. The van der Waals surface area contributed by atoms with Gasteiger partial charge in [0.25, 0.3) is 0 Å². The van der Waals surface area contributed by atoms with Crippen molar-refractivity contribution in [3.8, 4) is 0 Å². The van der Waals surface area contributed by atoms with Crippen molar-refractivity contribution in [1.82, 2.24) is 24.6 Å². The Morgan fingerprint density at radius 2 is 2.00 bits per heavy atom. The van der Waals surface area contributed by atoms with E-state index >= 15 is 0 Å². The highest BCUT2D eigenvalue weighted by atomic mass is 16.6. The maximum absolute atomic E-state index is 12.1. The zero-order chi connectivity index (χ0) is 19.2. The molecule has 1 amide bonds. The SMILES string of the molecule is CC(C)(C)OC(=O)N(O)[C@H]1C[C@@H](n2cnc3c(N)ncnc32)[C@H](O)[C@@H]1O. The van der Waals surface area contributed by atoms with Gasteiger partial charge in [0.15, 0.2) is 11.5 Å². The van der Waals surface area contributed by atoms with E-state index in [1.807, 2.05) is 0 Å². The molecule has 1 fully saturated rings. The molecule has 26 heavy (non-hydrogen) atoms. The number of imidazole rings is 1. The van der Waals surface area contributed by atoms with Crippen LogP contribution in [0.15, 0.2) is 12.7 Å². The first-order valence-corrected chi connectivity index (χ1v) is 8.10. The van der Waals surface area contributed by atoms with Crippen LogP contribution in [0.4, 0.5) is 10.6 Å². The number of hydrogen-bond acceptors (Lipinski definition) is 9. The van der Waals surface area contributed by atoms with Gasteiger partial charge in [-0.15, -0.1) is 0 Å². The molecular formula is C15H22N6O5. The number of hydroxylamine groups is 2. The number of aliphatic hydroxyl groups excluding tert-OH is 2. The van der Waals surface area contributed by atoms with Crippen LogP contribution in [0.3, 0.4) is 0 Å². The Labute approximate surface area is 149 Å². The predicted octanol–water partition coefficient (Wildman–Crippen LogP) is 0.0700. The fourth-order valence-corrected chi connectivity index (χ4v) is 3.06. The highest BCUT2D eigenvalue weighted by Crippen LogP contribution is 2.35. The van der Waals surface area contributed by atoms with Crippen LogP contribution in [0.2, 0.25) is 0 Å². The molecule has 0 bridgehead atoms. The second-order valence-electron chi connectivity index (χ2n) is 7.26. The number of anilines is 1. The summed E-state index contributed by atoms with van der Waals surface area (Å²) >= 11 is 0. The van der Waals surface area contributed by atoms with Gasteiger partial charge < -0.3 is 25.3 Å². The van der Waals surface area contributed by atoms with Gasteiger partial charge in [0.2, 0.25) is 0 Å². The largest absolute Gasteiger partial charge is 0.442 e. The lowest BCUT2D eigenvalue weighted by atomic mass is 10.2. The van der Waals surface area contributed by atoms with Crippen molar-refractivity contribution < 1.29 is 25.0 Å². The number of aromatic nitrogens is 4. The zero-order valence-corrected chi connectivity index (χ0v) is 14.6. The topological polar surface area (TPSA) is 160 Å². The van der Waals surface area contributed by atoms with Crippen molar-refractivity contribution in [3.63, 3.8) is 0 Å². The normalized spacial score (nSPS) is 26.2. The van der Waals surface area contributed by atoms with E-state index in [1.54, 1.807) is 25.3 Å². The summed E-state index contributed by atoms with van der Waals surface area (Å²) in [5.74, 6) is 0.191. The van der Waals surface area contributed by atoms with Crippen LogP contribution in [0.25, 0.3) is 11.2 Å². The number of nitrogen functional groups attached to an aromatic ring is 1. The second-order valence-corrected chi connectivity index (χ2v) is 7.26. The van der Waals surface area contributed by atoms with Gasteiger partial charge in [-0.2, -0.15) is 5.06 Å². The number of hydrogen-bond donors (Lipinski definition) is 4. The number of fused-ring (bicyclic) bond motifs is 1. The third-order valence-electron chi connectivity index (χ3n) is 4.26. The number of amides is 1. The second kappa shape index (κ2) is 6.34. The van der Waals surface area contributed by atoms with Crippen LogP contribution in [0, 0.1) is 0 Å². The van der Waals surface area contributed by atoms with E-state index < -0.39 is 36.0 Å². The first-order valence-electron chi connectivity index (χ1n) is 8.10. The summed E-state index contributed by atoms with van der Waals surface area (Å²) in [6.07, 6.45) is -0.887. The van der Waals surface area contributed by atoms with Gasteiger partial charge in [0, 0.05) is 0 Å². The van der Waals surface area contributed by atoms with Gasteiger partial charge in [-0.1, -0.05) is 0 Å². The number of nitrogens with zero attached hydrogens (tertiary/aromatic N) is 5. The van der Waals surface area contributed by atoms with E-state index in [9.17, 15) is 20.2 Å². The molecule has 1 saturated carbocycles. The Hall–Kier alpha value is -2.50. The van der Waals surface area contributed by atoms with E-state index in [0.717, 1.165) is 0 Å². The molecule has 11 nitrogen and oxygen atoms in total. The maximum Gasteiger partial charge on any atom is 0.434 e. The summed E-state index contributed by atoms with van der Waals surface area (Å²) in [7, 11) is 0. The smallest absolute Gasteiger partial charge is 0.434 e. The van der Waals surface area contributed by atoms with Crippen LogP contribution in [-0.4, -0.2) is 69.9 Å². The van der Waals surface area contributed by atoms with Crippen molar-refractivity contribution >= 4 is 23.1 Å². The van der Waals surface area contributed by atoms with Gasteiger partial charge in [-0.3, -0.25) is 5.21 Å². The fraction of sp³-hybridized carbons (Fsp3) is 0.600. The molecular weight excluding hydrogens is 344 g/mol. The monoisotopic (exact) mass is 366 g/mol. The third-order valence-corrected chi connectivity index (χ3v) is 4.26. The Bertz CT molecular complexity index is 818. The van der Waals surface area contributed by atoms with Gasteiger partial charge in [0.1, 0.15) is 29.7 Å². The van der Waals surface area contributed by atoms with Crippen LogP contribution in [0.1, 0.15) is 33.2 Å². The minimum Gasteiger partial charge on any atom is -0.442 e. The van der Waals surface area contributed by atoms with Crippen molar-refractivity contribution in [2.45, 2.75) is 57.1 Å². The molecule has 0 radical (unpaired) electrons. The van der Waals surface area contributed by atoms with E-state index in [2.05, 4.69) is 15.0 Å². The molecule has 1 aliphatic carbocycles. The summed E-state index contributed by atoms with van der Waals surface area (Å²) in [6.45, 7) is 4.97. The summed E-state index contributed by atoms with van der Waals surface area (Å²) in [5, 5.41) is 31.2. The number of rotatable bonds is 2. The third kappa shape index (κ3) is 3.16. The van der Waals surface area contributed by atoms with E-state index in [-0.39, 0.29) is 12.2 Å². The lowest BCUT2D eigenvalue weighted by Gasteiger charge is -2.28. The van der Waals surface area contributed by atoms with Crippen molar-refractivity contribution in [2.24, 2.45) is 0 Å². The Morgan fingerprint density at radius 3 is 2.65 bits per heavy atom. The first kappa shape index (κ1) is 18.3. The molecule has 4 atom stereocenters. The van der Waals surface area contributed by atoms with Crippen LogP contribution >= 0.6 is 0 Å². The molecule has 2 aromatic heterocycles. The molecule has 2 aromatic rings. The summed E-state index contributed by atoms with van der Waals surface area (Å²) in [6, 6.07) is -1.73. The average Bonchev–Trinajstić information content (AvgIpc) is 3.09. The molecule has 142 valence electrons. The Kier molecular flexibility index (Phi) is 4.46. The predicted molar refractivity (Wildman–Crippen MR) is 89.1 cm³/mol. The fourth-order valence-electron chi connectivity index (χ4n) is 3.06. The molecule has 0 spiro atoms. The Morgan fingerprint density at radius 1 is 1.31 bits per heavy atom. The summed E-state index contributed by atoms with van der Waals surface area (Å²) < 4.78 is 6.64. The molecule has 0 aromatic carbocycles. The lowest BCUT2D eigenvalue weighted by Crippen LogP contribution is -2.46. The molecule has 1 aliphatic rings. The highest BCUT2D eigenvalue weighted by molar-refractivity contribution is 5.81. The van der Waals surface area contributed by atoms with Gasteiger partial charge in [-0.05, 0) is 27.2 Å². The Balaban J connectivity index is 1.85. The number of aliphatic hydroxyl groups is 2. The number of carbonyl (C=O) groups excluding carboxylic acids is 1. The summed E-state index contributed by atoms with van der Waals surface area (Å²) in [4.78, 5) is 24.1. The maximum atomic E-state index is 12.1. The van der Waals surface area contributed by atoms with Crippen molar-refractivity contribution in [3.05, 3.63) is 12.7 Å². The molecule has 5 N–H and O–H groups in total. The molecule has 11 heteroatoms. The van der Waals surface area contributed by atoms with E-state index in [1.165, 1.54) is 12.7 Å². The van der Waals surface area contributed by atoms with Crippen molar-refractivity contribution in [2.75, 3.05) is 5.73 Å². The molecule has 0 saturated heterocycles. The van der Waals surface area contributed by atoms with Crippen LogP contribution < -0.4 is 5.73 Å². The average molecular weight is 366 g/mol. The summed E-state index contributed by atoms with van der Waals surface area (Å²) in [5.41, 5.74) is 5.70.